The van der Waals surface area contributed by atoms with E-state index in [4.69, 9.17) is 4.74 Å². The van der Waals surface area contributed by atoms with Crippen LogP contribution in [-0.2, 0) is 4.79 Å². The minimum atomic E-state index is -0.622. The van der Waals surface area contributed by atoms with Gasteiger partial charge in [-0.15, -0.1) is 0 Å². The van der Waals surface area contributed by atoms with Crippen LogP contribution >= 0.6 is 0 Å². The largest absolute Gasteiger partial charge is 0.506 e. The van der Waals surface area contributed by atoms with Gasteiger partial charge in [0.2, 0.25) is 5.91 Å². The highest BCUT2D eigenvalue weighted by Gasteiger charge is 2.40. The van der Waals surface area contributed by atoms with Gasteiger partial charge in [-0.1, -0.05) is 42.5 Å². The molecule has 180 valence electrons. The van der Waals surface area contributed by atoms with E-state index in [0.717, 1.165) is 11.1 Å². The van der Waals surface area contributed by atoms with Crippen molar-refractivity contribution in [1.82, 2.24) is 5.32 Å². The van der Waals surface area contributed by atoms with Gasteiger partial charge < -0.3 is 20.5 Å². The van der Waals surface area contributed by atoms with Gasteiger partial charge >= 0.3 is 0 Å². The Morgan fingerprint density at radius 3 is 2.39 bits per heavy atom. The number of benzene rings is 4. The molecular formula is C29H23FN2O4. The van der Waals surface area contributed by atoms with Crippen molar-refractivity contribution in [3.63, 3.8) is 0 Å². The van der Waals surface area contributed by atoms with Crippen LogP contribution < -0.4 is 15.4 Å². The normalized spacial score (nSPS) is 16.1. The molecule has 2 amide bonds. The number of phenols is 1. The maximum Gasteiger partial charge on any atom is 0.255 e. The molecule has 1 aliphatic rings. The van der Waals surface area contributed by atoms with E-state index in [1.165, 1.54) is 18.2 Å². The molecule has 0 aliphatic carbocycles. The second kappa shape index (κ2) is 9.54. The van der Waals surface area contributed by atoms with Gasteiger partial charge in [0.05, 0.1) is 5.69 Å². The van der Waals surface area contributed by atoms with E-state index in [1.807, 2.05) is 18.2 Å². The number of hydrogen-bond donors (Lipinski definition) is 3. The first-order valence-corrected chi connectivity index (χ1v) is 11.4. The van der Waals surface area contributed by atoms with Gasteiger partial charge in [0, 0.05) is 18.2 Å². The zero-order valence-corrected chi connectivity index (χ0v) is 19.4. The highest BCUT2D eigenvalue weighted by molar-refractivity contribution is 6.05. The van der Waals surface area contributed by atoms with Gasteiger partial charge in [-0.25, -0.2) is 4.39 Å². The third-order valence-electron chi connectivity index (χ3n) is 6.24. The van der Waals surface area contributed by atoms with E-state index < -0.39 is 12.0 Å². The fourth-order valence-electron chi connectivity index (χ4n) is 4.41. The van der Waals surface area contributed by atoms with Gasteiger partial charge in [-0.05, 0) is 65.2 Å². The molecule has 0 fully saturated rings. The first-order valence-electron chi connectivity index (χ1n) is 11.4. The van der Waals surface area contributed by atoms with Crippen molar-refractivity contribution in [2.45, 2.75) is 12.0 Å². The molecule has 2 unspecified atom stereocenters. The summed E-state index contributed by atoms with van der Waals surface area (Å²) in [5.41, 5.74) is 3.74. The van der Waals surface area contributed by atoms with Crippen LogP contribution in [0.25, 0.3) is 11.1 Å². The predicted molar refractivity (Wildman–Crippen MR) is 135 cm³/mol. The molecular weight excluding hydrogens is 459 g/mol. The predicted octanol–water partition coefficient (Wildman–Crippen LogP) is 5.41. The van der Waals surface area contributed by atoms with Gasteiger partial charge in [0.25, 0.3) is 5.91 Å². The zero-order valence-electron chi connectivity index (χ0n) is 19.4. The maximum absolute atomic E-state index is 13.5. The van der Waals surface area contributed by atoms with Gasteiger partial charge in [0.1, 0.15) is 29.3 Å². The van der Waals surface area contributed by atoms with E-state index in [9.17, 15) is 19.1 Å². The molecule has 3 N–H and O–H groups in total. The number of hydrogen-bond acceptors (Lipinski definition) is 4. The van der Waals surface area contributed by atoms with Gasteiger partial charge in [0.15, 0.2) is 0 Å². The van der Waals surface area contributed by atoms with Crippen molar-refractivity contribution >= 4 is 17.5 Å². The van der Waals surface area contributed by atoms with Crippen molar-refractivity contribution in [2.75, 3.05) is 12.4 Å². The van der Waals surface area contributed by atoms with Crippen LogP contribution in [0.2, 0.25) is 0 Å². The van der Waals surface area contributed by atoms with Crippen molar-refractivity contribution in [3.8, 4) is 22.6 Å². The summed E-state index contributed by atoms with van der Waals surface area (Å²) in [6.45, 7) is 0. The molecule has 0 spiro atoms. The number of nitrogens with one attached hydrogen (secondary N) is 2. The summed E-state index contributed by atoms with van der Waals surface area (Å²) in [7, 11) is 1.57. The first kappa shape index (κ1) is 23.1. The molecule has 0 aromatic heterocycles. The average Bonchev–Trinajstić information content (AvgIpc) is 3.29. The standard InChI is InChI=1S/C29H23FN2O4/c1-31-29(35)26-22-16-19(11-14-25(22)36-27(26)17-9-12-21(30)13-10-17)18-5-4-6-20(15-18)28(34)32-23-7-2-3-8-24(23)33/h2-16,26-27,33H,1H3,(H,31,35)(H,32,34). The number of ether oxygens (including phenoxy) is 1. The molecule has 1 aliphatic heterocycles. The third-order valence-corrected chi connectivity index (χ3v) is 6.24. The minimum Gasteiger partial charge on any atom is -0.506 e. The van der Waals surface area contributed by atoms with E-state index in [-0.39, 0.29) is 23.4 Å². The molecule has 0 bridgehead atoms. The summed E-state index contributed by atoms with van der Waals surface area (Å²) in [6, 6.07) is 25.1. The van der Waals surface area contributed by atoms with Crippen molar-refractivity contribution in [3.05, 3.63) is 114 Å². The summed E-state index contributed by atoms with van der Waals surface area (Å²) in [5, 5.41) is 15.4. The Bertz CT molecular complexity index is 1450. The monoisotopic (exact) mass is 482 g/mol. The lowest BCUT2D eigenvalue weighted by atomic mass is 9.88. The molecule has 1 heterocycles. The number of anilines is 1. The van der Waals surface area contributed by atoms with Gasteiger partial charge in [-0.3, -0.25) is 9.59 Å². The number of likely N-dealkylation sites (N-methyl/N-ethyl adjacent to an activating group) is 1. The van der Waals surface area contributed by atoms with Crippen LogP contribution in [0.5, 0.6) is 11.5 Å². The highest BCUT2D eigenvalue weighted by atomic mass is 19.1. The molecule has 36 heavy (non-hydrogen) atoms. The van der Waals surface area contributed by atoms with E-state index in [2.05, 4.69) is 10.6 Å². The highest BCUT2D eigenvalue weighted by Crippen LogP contribution is 2.47. The lowest BCUT2D eigenvalue weighted by Crippen LogP contribution is -2.28. The van der Waals surface area contributed by atoms with E-state index >= 15 is 0 Å². The number of halogens is 1. The smallest absolute Gasteiger partial charge is 0.255 e. The summed E-state index contributed by atoms with van der Waals surface area (Å²) in [4.78, 5) is 25.7. The van der Waals surface area contributed by atoms with Crippen LogP contribution in [0.4, 0.5) is 10.1 Å². The van der Waals surface area contributed by atoms with E-state index in [0.29, 0.717) is 28.1 Å². The SMILES string of the molecule is CNC(=O)C1c2cc(-c3cccc(C(=O)Nc4ccccc4O)c3)ccc2OC1c1ccc(F)cc1. The molecule has 0 saturated heterocycles. The fraction of sp³-hybridized carbons (Fsp3) is 0.103. The number of rotatable bonds is 5. The lowest BCUT2D eigenvalue weighted by molar-refractivity contribution is -0.123. The summed E-state index contributed by atoms with van der Waals surface area (Å²) >= 11 is 0. The Morgan fingerprint density at radius 2 is 1.64 bits per heavy atom. The molecule has 4 aromatic rings. The van der Waals surface area contributed by atoms with Crippen LogP contribution in [0.3, 0.4) is 0 Å². The van der Waals surface area contributed by atoms with Gasteiger partial charge in [-0.2, -0.15) is 0 Å². The van der Waals surface area contributed by atoms with Crippen molar-refractivity contribution in [1.29, 1.82) is 0 Å². The molecule has 5 rings (SSSR count). The number of carbonyl (C=O) groups is 2. The number of amides is 2. The zero-order chi connectivity index (χ0) is 25.2. The molecule has 7 heteroatoms. The van der Waals surface area contributed by atoms with Crippen LogP contribution in [0.1, 0.15) is 33.5 Å². The fourth-order valence-corrected chi connectivity index (χ4v) is 4.41. The molecule has 0 radical (unpaired) electrons. The number of carbonyl (C=O) groups excluding carboxylic acids is 2. The van der Waals surface area contributed by atoms with Crippen molar-refractivity contribution in [2.24, 2.45) is 0 Å². The Kier molecular flexibility index (Phi) is 6.12. The molecule has 0 saturated carbocycles. The molecule has 2 atom stereocenters. The number of para-hydroxylation sites is 2. The maximum atomic E-state index is 13.5. The second-order valence-corrected chi connectivity index (χ2v) is 8.49. The quantitative estimate of drug-likeness (QED) is 0.332. The Balaban J connectivity index is 1.46. The van der Waals surface area contributed by atoms with Crippen LogP contribution in [-0.4, -0.2) is 24.0 Å². The second-order valence-electron chi connectivity index (χ2n) is 8.49. The summed E-state index contributed by atoms with van der Waals surface area (Å²) in [6.07, 6.45) is -0.591. The minimum absolute atomic E-state index is 0.0171. The Morgan fingerprint density at radius 1 is 0.889 bits per heavy atom. The molecule has 6 nitrogen and oxygen atoms in total. The van der Waals surface area contributed by atoms with E-state index in [1.54, 1.807) is 61.6 Å². The van der Waals surface area contributed by atoms with Crippen LogP contribution in [0, 0.1) is 5.82 Å². The number of aromatic hydroxyl groups is 1. The van der Waals surface area contributed by atoms with Crippen LogP contribution in [0.15, 0.2) is 91.0 Å². The Hall–Kier alpha value is -4.65. The summed E-state index contributed by atoms with van der Waals surface area (Å²) < 4.78 is 19.6. The average molecular weight is 483 g/mol. The topological polar surface area (TPSA) is 87.7 Å². The number of phenolic OH excluding ortho intramolecular Hbond substituents is 1. The first-order chi connectivity index (χ1) is 17.4. The lowest BCUT2D eigenvalue weighted by Gasteiger charge is -2.18. The van der Waals surface area contributed by atoms with Crippen molar-refractivity contribution < 1.29 is 23.8 Å². The number of fused-ring (bicyclic) bond motifs is 1. The Labute approximate surface area is 207 Å². The molecule has 4 aromatic carbocycles. The summed E-state index contributed by atoms with van der Waals surface area (Å²) in [5.74, 6) is -0.993. The third kappa shape index (κ3) is 4.38.